The van der Waals surface area contributed by atoms with E-state index in [1.807, 2.05) is 13.8 Å². The molecule has 1 aromatic carbocycles. The van der Waals surface area contributed by atoms with Crippen molar-refractivity contribution in [3.8, 4) is 0 Å². The van der Waals surface area contributed by atoms with E-state index < -0.39 is 5.97 Å². The number of aromatic carboxylic acids is 1. The molecule has 0 radical (unpaired) electrons. The number of carbonyl (C=O) groups is 2. The van der Waals surface area contributed by atoms with Crippen LogP contribution < -0.4 is 0 Å². The lowest BCUT2D eigenvalue weighted by molar-refractivity contribution is 0.0614. The van der Waals surface area contributed by atoms with Gasteiger partial charge in [0.2, 0.25) is 0 Å². The number of ether oxygens (including phenoxy) is 1. The van der Waals surface area contributed by atoms with Gasteiger partial charge >= 0.3 is 5.97 Å². The van der Waals surface area contributed by atoms with Crippen LogP contribution in [0, 0.1) is 0 Å². The van der Waals surface area contributed by atoms with E-state index in [2.05, 4.69) is 0 Å². The Morgan fingerprint density at radius 1 is 1.35 bits per heavy atom. The quantitative estimate of drug-likeness (QED) is 0.831. The number of hydrogen-bond donors (Lipinski definition) is 1. The standard InChI is InChI=1S/C15H21NO4/c1-4-11(2)16(8-9-20-3)14(17)12-6-5-7-13(10-12)15(18)19/h5-7,10-11H,4,8-9H2,1-3H3,(H,18,19). The van der Waals surface area contributed by atoms with E-state index in [9.17, 15) is 9.59 Å². The summed E-state index contributed by atoms with van der Waals surface area (Å²) in [5.41, 5.74) is 0.507. The Labute approximate surface area is 119 Å². The summed E-state index contributed by atoms with van der Waals surface area (Å²) in [4.78, 5) is 25.2. The summed E-state index contributed by atoms with van der Waals surface area (Å²) in [6.45, 7) is 4.91. The van der Waals surface area contributed by atoms with Gasteiger partial charge in [-0.3, -0.25) is 4.79 Å². The number of hydrogen-bond acceptors (Lipinski definition) is 3. The van der Waals surface area contributed by atoms with Crippen LogP contribution in [-0.4, -0.2) is 48.2 Å². The molecule has 0 saturated heterocycles. The molecule has 0 fully saturated rings. The molecule has 5 heteroatoms. The molecular formula is C15H21NO4. The second-order valence-electron chi connectivity index (χ2n) is 4.63. The molecule has 0 aliphatic heterocycles. The molecule has 5 nitrogen and oxygen atoms in total. The molecule has 1 aromatic rings. The Hall–Kier alpha value is -1.88. The van der Waals surface area contributed by atoms with Crippen molar-refractivity contribution in [1.29, 1.82) is 0 Å². The van der Waals surface area contributed by atoms with Crippen molar-refractivity contribution in [3.63, 3.8) is 0 Å². The highest BCUT2D eigenvalue weighted by molar-refractivity contribution is 5.97. The summed E-state index contributed by atoms with van der Waals surface area (Å²) in [6.07, 6.45) is 0.827. The van der Waals surface area contributed by atoms with Crippen LogP contribution in [0.1, 0.15) is 41.0 Å². The lowest BCUT2D eigenvalue weighted by Crippen LogP contribution is -2.40. The summed E-state index contributed by atoms with van der Waals surface area (Å²) >= 11 is 0. The SMILES string of the molecule is CCC(C)N(CCOC)C(=O)c1cccc(C(=O)O)c1. The van der Waals surface area contributed by atoms with Crippen molar-refractivity contribution in [2.24, 2.45) is 0 Å². The van der Waals surface area contributed by atoms with E-state index in [-0.39, 0.29) is 17.5 Å². The van der Waals surface area contributed by atoms with Crippen LogP contribution in [0.5, 0.6) is 0 Å². The predicted molar refractivity (Wildman–Crippen MR) is 76.1 cm³/mol. The molecule has 20 heavy (non-hydrogen) atoms. The molecule has 0 spiro atoms. The molecule has 1 N–H and O–H groups in total. The molecule has 1 unspecified atom stereocenters. The second kappa shape index (κ2) is 7.65. The lowest BCUT2D eigenvalue weighted by Gasteiger charge is -2.28. The van der Waals surface area contributed by atoms with Crippen LogP contribution >= 0.6 is 0 Å². The number of carbonyl (C=O) groups excluding carboxylic acids is 1. The van der Waals surface area contributed by atoms with E-state index in [0.29, 0.717) is 18.7 Å². The average molecular weight is 279 g/mol. The van der Waals surface area contributed by atoms with Crippen molar-refractivity contribution in [3.05, 3.63) is 35.4 Å². The largest absolute Gasteiger partial charge is 0.478 e. The number of amides is 1. The number of benzene rings is 1. The molecule has 0 saturated carbocycles. The fourth-order valence-electron chi connectivity index (χ4n) is 1.88. The predicted octanol–water partition coefficient (Wildman–Crippen LogP) is 2.27. The summed E-state index contributed by atoms with van der Waals surface area (Å²) < 4.78 is 5.03. The molecule has 1 atom stereocenters. The minimum Gasteiger partial charge on any atom is -0.478 e. The van der Waals surface area contributed by atoms with E-state index in [1.54, 1.807) is 24.1 Å². The Bertz CT molecular complexity index is 473. The number of rotatable bonds is 7. The van der Waals surface area contributed by atoms with Gasteiger partial charge in [-0.05, 0) is 31.5 Å². The van der Waals surface area contributed by atoms with E-state index in [1.165, 1.54) is 12.1 Å². The van der Waals surface area contributed by atoms with E-state index in [0.717, 1.165) is 6.42 Å². The first-order valence-electron chi connectivity index (χ1n) is 6.64. The topological polar surface area (TPSA) is 66.8 Å². The minimum absolute atomic E-state index is 0.0751. The lowest BCUT2D eigenvalue weighted by atomic mass is 10.1. The summed E-state index contributed by atoms with van der Waals surface area (Å²) in [7, 11) is 1.59. The maximum Gasteiger partial charge on any atom is 0.335 e. The summed E-state index contributed by atoms with van der Waals surface area (Å²) in [5.74, 6) is -1.20. The van der Waals surface area contributed by atoms with Crippen LogP contribution in [0.4, 0.5) is 0 Å². The van der Waals surface area contributed by atoms with Gasteiger partial charge in [-0.1, -0.05) is 13.0 Å². The van der Waals surface area contributed by atoms with Gasteiger partial charge in [0.25, 0.3) is 5.91 Å². The number of carboxylic acids is 1. The van der Waals surface area contributed by atoms with Crippen LogP contribution in [0.2, 0.25) is 0 Å². The molecule has 1 rings (SSSR count). The third kappa shape index (κ3) is 4.06. The third-order valence-corrected chi connectivity index (χ3v) is 3.28. The Morgan fingerprint density at radius 3 is 2.55 bits per heavy atom. The average Bonchev–Trinajstić information content (AvgIpc) is 2.47. The molecule has 1 amide bonds. The highest BCUT2D eigenvalue weighted by Crippen LogP contribution is 2.12. The fraction of sp³-hybridized carbons (Fsp3) is 0.467. The van der Waals surface area contributed by atoms with Crippen molar-refractivity contribution in [2.45, 2.75) is 26.3 Å². The van der Waals surface area contributed by atoms with Gasteiger partial charge in [-0.2, -0.15) is 0 Å². The van der Waals surface area contributed by atoms with Gasteiger partial charge in [-0.25, -0.2) is 4.79 Å². The van der Waals surface area contributed by atoms with Gasteiger partial charge in [0.1, 0.15) is 0 Å². The number of carboxylic acid groups (broad SMARTS) is 1. The normalized spacial score (nSPS) is 11.9. The first-order valence-corrected chi connectivity index (χ1v) is 6.64. The minimum atomic E-state index is -1.04. The first-order chi connectivity index (χ1) is 9.51. The Morgan fingerprint density at radius 2 is 2.00 bits per heavy atom. The molecule has 0 aromatic heterocycles. The van der Waals surface area contributed by atoms with Gasteiger partial charge in [0, 0.05) is 25.3 Å². The first kappa shape index (κ1) is 16.2. The smallest absolute Gasteiger partial charge is 0.335 e. The van der Waals surface area contributed by atoms with Crippen molar-refractivity contribution in [1.82, 2.24) is 4.90 Å². The molecule has 0 heterocycles. The Kier molecular flexibility index (Phi) is 6.18. The maximum absolute atomic E-state index is 12.5. The molecule has 0 aliphatic rings. The van der Waals surface area contributed by atoms with Gasteiger partial charge in [-0.15, -0.1) is 0 Å². The number of nitrogens with zero attached hydrogens (tertiary/aromatic N) is 1. The van der Waals surface area contributed by atoms with Gasteiger partial charge in [0.15, 0.2) is 0 Å². The van der Waals surface area contributed by atoms with E-state index >= 15 is 0 Å². The third-order valence-electron chi connectivity index (χ3n) is 3.28. The second-order valence-corrected chi connectivity index (χ2v) is 4.63. The molecule has 0 aliphatic carbocycles. The Balaban J connectivity index is 2.98. The van der Waals surface area contributed by atoms with Gasteiger partial charge < -0.3 is 14.7 Å². The zero-order valence-electron chi connectivity index (χ0n) is 12.1. The van der Waals surface area contributed by atoms with Gasteiger partial charge in [0.05, 0.1) is 12.2 Å². The summed E-state index contributed by atoms with van der Waals surface area (Å²) in [5, 5.41) is 8.98. The van der Waals surface area contributed by atoms with Crippen LogP contribution in [0.25, 0.3) is 0 Å². The van der Waals surface area contributed by atoms with Crippen LogP contribution in [-0.2, 0) is 4.74 Å². The zero-order chi connectivity index (χ0) is 15.1. The maximum atomic E-state index is 12.5. The molecule has 0 bridgehead atoms. The summed E-state index contributed by atoms with van der Waals surface area (Å²) in [6, 6.07) is 6.18. The highest BCUT2D eigenvalue weighted by atomic mass is 16.5. The van der Waals surface area contributed by atoms with Crippen molar-refractivity contribution >= 4 is 11.9 Å². The monoisotopic (exact) mass is 279 g/mol. The van der Waals surface area contributed by atoms with Crippen LogP contribution in [0.3, 0.4) is 0 Å². The zero-order valence-corrected chi connectivity index (χ0v) is 12.1. The van der Waals surface area contributed by atoms with Crippen LogP contribution in [0.15, 0.2) is 24.3 Å². The van der Waals surface area contributed by atoms with E-state index in [4.69, 9.17) is 9.84 Å². The van der Waals surface area contributed by atoms with Crippen molar-refractivity contribution < 1.29 is 19.4 Å². The molecular weight excluding hydrogens is 258 g/mol. The fourth-order valence-corrected chi connectivity index (χ4v) is 1.88. The highest BCUT2D eigenvalue weighted by Gasteiger charge is 2.20. The number of methoxy groups -OCH3 is 1. The molecule has 110 valence electrons. The van der Waals surface area contributed by atoms with Crippen molar-refractivity contribution in [2.75, 3.05) is 20.3 Å².